The third-order valence-electron chi connectivity index (χ3n) is 0.358. The van der Waals surface area contributed by atoms with Crippen LogP contribution in [0.15, 0.2) is 0 Å². The van der Waals surface area contributed by atoms with E-state index in [4.69, 9.17) is 10.8 Å². The first kappa shape index (κ1) is 10.9. The van der Waals surface area contributed by atoms with Gasteiger partial charge in [0.05, 0.1) is 6.42 Å². The molecular weight excluding hydrogens is 121 g/mol. The first-order valence-electron chi connectivity index (χ1n) is 1.69. The minimum absolute atomic E-state index is 0. The summed E-state index contributed by atoms with van der Waals surface area (Å²) in [4.78, 5) is 9.52. The van der Waals surface area contributed by atoms with Crippen molar-refractivity contribution >= 4 is 5.97 Å². The Morgan fingerprint density at radius 2 is 2.29 bits per heavy atom. The molecule has 4 heteroatoms. The van der Waals surface area contributed by atoms with Crippen LogP contribution in [-0.2, 0) is 4.79 Å². The molecule has 0 spiro atoms. The second-order valence-corrected chi connectivity index (χ2v) is 0.932. The van der Waals surface area contributed by atoms with Crippen molar-refractivity contribution in [2.24, 2.45) is 5.73 Å². The van der Waals surface area contributed by atoms with Crippen molar-refractivity contribution in [1.29, 1.82) is 0 Å². The third kappa shape index (κ3) is 11.0. The van der Waals surface area contributed by atoms with Crippen LogP contribution in [0.4, 0.5) is 0 Å². The Kier molecular flexibility index (Phi) is 11.0. The topological polar surface area (TPSA) is 63.3 Å². The Labute approximate surface area is 86.2 Å². The SMILES string of the molecule is NCCC(=O)O.[H-].[K+]. The van der Waals surface area contributed by atoms with Crippen LogP contribution in [0.5, 0.6) is 0 Å². The summed E-state index contributed by atoms with van der Waals surface area (Å²) in [6.45, 7) is 0.231. The van der Waals surface area contributed by atoms with Gasteiger partial charge in [-0.2, -0.15) is 0 Å². The molecule has 0 heterocycles. The smallest absolute Gasteiger partial charge is 1.00 e. The number of carbonyl (C=O) groups is 1. The maximum atomic E-state index is 9.52. The van der Waals surface area contributed by atoms with E-state index in [0.29, 0.717) is 0 Å². The van der Waals surface area contributed by atoms with Gasteiger partial charge < -0.3 is 12.3 Å². The van der Waals surface area contributed by atoms with Crippen LogP contribution in [0.2, 0.25) is 0 Å². The van der Waals surface area contributed by atoms with Crippen LogP contribution in [-0.4, -0.2) is 17.6 Å². The van der Waals surface area contributed by atoms with E-state index in [1.165, 1.54) is 0 Å². The van der Waals surface area contributed by atoms with Gasteiger partial charge in [-0.3, -0.25) is 4.79 Å². The third-order valence-corrected chi connectivity index (χ3v) is 0.358. The fourth-order valence-electron chi connectivity index (χ4n) is 0.123. The molecule has 0 saturated carbocycles. The average Bonchev–Trinajstić information content (AvgIpc) is 1.35. The first-order valence-corrected chi connectivity index (χ1v) is 1.69. The van der Waals surface area contributed by atoms with E-state index >= 15 is 0 Å². The van der Waals surface area contributed by atoms with Gasteiger partial charge in [0, 0.05) is 6.54 Å². The molecule has 0 aromatic rings. The van der Waals surface area contributed by atoms with Crippen molar-refractivity contribution in [1.82, 2.24) is 0 Å². The van der Waals surface area contributed by atoms with Gasteiger partial charge in [0.2, 0.25) is 0 Å². The van der Waals surface area contributed by atoms with Crippen molar-refractivity contribution in [3.8, 4) is 0 Å². The summed E-state index contributed by atoms with van der Waals surface area (Å²) in [5.41, 5.74) is 4.85. The van der Waals surface area contributed by atoms with Crippen LogP contribution in [0.25, 0.3) is 0 Å². The minimum Gasteiger partial charge on any atom is -1.00 e. The van der Waals surface area contributed by atoms with Gasteiger partial charge in [0.25, 0.3) is 0 Å². The zero-order valence-electron chi connectivity index (χ0n) is 5.35. The zero-order valence-corrected chi connectivity index (χ0v) is 7.47. The molecule has 3 N–H and O–H groups in total. The summed E-state index contributed by atoms with van der Waals surface area (Å²) in [6.07, 6.45) is 0.0694. The Morgan fingerprint density at radius 3 is 2.29 bits per heavy atom. The molecular formula is C3H8KNO2. The van der Waals surface area contributed by atoms with Gasteiger partial charge in [0.15, 0.2) is 0 Å². The molecule has 0 aliphatic heterocycles. The summed E-state index contributed by atoms with van der Waals surface area (Å²) in [5, 5.41) is 7.83. The van der Waals surface area contributed by atoms with Gasteiger partial charge in [-0.05, 0) is 0 Å². The van der Waals surface area contributed by atoms with Crippen LogP contribution >= 0.6 is 0 Å². The van der Waals surface area contributed by atoms with Crippen molar-refractivity contribution in [3.63, 3.8) is 0 Å². The fraction of sp³-hybridized carbons (Fsp3) is 0.667. The number of hydrogen-bond donors (Lipinski definition) is 2. The van der Waals surface area contributed by atoms with E-state index in [-0.39, 0.29) is 65.8 Å². The number of nitrogens with two attached hydrogens (primary N) is 1. The van der Waals surface area contributed by atoms with Gasteiger partial charge in [-0.1, -0.05) is 0 Å². The van der Waals surface area contributed by atoms with E-state index in [2.05, 4.69) is 0 Å². The van der Waals surface area contributed by atoms with Gasteiger partial charge in [0.1, 0.15) is 0 Å². The number of carboxylic acid groups (broad SMARTS) is 1. The van der Waals surface area contributed by atoms with Crippen LogP contribution < -0.4 is 57.1 Å². The second-order valence-electron chi connectivity index (χ2n) is 0.932. The Hall–Kier alpha value is 1.07. The second kappa shape index (κ2) is 7.07. The summed E-state index contributed by atoms with van der Waals surface area (Å²) < 4.78 is 0. The molecule has 0 aromatic heterocycles. The van der Waals surface area contributed by atoms with E-state index in [9.17, 15) is 4.79 Å². The van der Waals surface area contributed by atoms with E-state index in [1.54, 1.807) is 0 Å². The monoisotopic (exact) mass is 129 g/mol. The maximum Gasteiger partial charge on any atom is 1.00 e. The average molecular weight is 129 g/mol. The largest absolute Gasteiger partial charge is 1.00 e. The molecule has 0 amide bonds. The Morgan fingerprint density at radius 1 is 1.86 bits per heavy atom. The number of aliphatic carboxylic acids is 1. The quantitative estimate of drug-likeness (QED) is 0.381. The molecule has 0 bridgehead atoms. The van der Waals surface area contributed by atoms with E-state index in [0.717, 1.165) is 0 Å². The molecule has 0 atom stereocenters. The molecule has 0 aliphatic rings. The van der Waals surface area contributed by atoms with Crippen LogP contribution in [0, 0.1) is 0 Å². The molecule has 0 radical (unpaired) electrons. The molecule has 0 aromatic carbocycles. The predicted octanol–water partition coefficient (Wildman–Crippen LogP) is -3.46. The van der Waals surface area contributed by atoms with Crippen LogP contribution in [0.1, 0.15) is 7.85 Å². The number of rotatable bonds is 2. The molecule has 38 valence electrons. The molecule has 7 heavy (non-hydrogen) atoms. The normalized spacial score (nSPS) is 7.00. The summed E-state index contributed by atoms with van der Waals surface area (Å²) in [5.74, 6) is -0.836. The van der Waals surface area contributed by atoms with Crippen molar-refractivity contribution in [2.75, 3.05) is 6.54 Å². The summed E-state index contributed by atoms with van der Waals surface area (Å²) >= 11 is 0. The van der Waals surface area contributed by atoms with E-state index in [1.807, 2.05) is 0 Å². The van der Waals surface area contributed by atoms with Gasteiger partial charge in [-0.15, -0.1) is 0 Å². The number of hydrogen-bond acceptors (Lipinski definition) is 2. The maximum absolute atomic E-state index is 9.52. The van der Waals surface area contributed by atoms with Gasteiger partial charge >= 0.3 is 57.4 Å². The van der Waals surface area contributed by atoms with Crippen molar-refractivity contribution < 1.29 is 62.7 Å². The van der Waals surface area contributed by atoms with E-state index < -0.39 is 5.97 Å². The molecule has 0 saturated heterocycles. The summed E-state index contributed by atoms with van der Waals surface area (Å²) in [6, 6.07) is 0. The number of carboxylic acids is 1. The standard InChI is InChI=1S/C3H7NO2.K.H/c4-2-1-3(5)6;;/h1-2,4H2,(H,5,6);;/q;+1;-1. The fourth-order valence-corrected chi connectivity index (χ4v) is 0.123. The summed E-state index contributed by atoms with van der Waals surface area (Å²) in [7, 11) is 0. The molecule has 0 rings (SSSR count). The zero-order chi connectivity index (χ0) is 4.99. The van der Waals surface area contributed by atoms with Crippen LogP contribution in [0.3, 0.4) is 0 Å². The molecule has 0 fully saturated rings. The molecule has 3 nitrogen and oxygen atoms in total. The first-order chi connectivity index (χ1) is 2.77. The Balaban J connectivity index is -0.000000125. The molecule has 0 aliphatic carbocycles. The van der Waals surface area contributed by atoms with Crippen molar-refractivity contribution in [3.05, 3.63) is 0 Å². The van der Waals surface area contributed by atoms with Crippen molar-refractivity contribution in [2.45, 2.75) is 6.42 Å². The molecule has 0 unspecified atom stereocenters. The Bertz CT molecular complexity index is 61.2. The van der Waals surface area contributed by atoms with Gasteiger partial charge in [-0.25, -0.2) is 0 Å². The minimum atomic E-state index is -0.836. The predicted molar refractivity (Wildman–Crippen MR) is 22.4 cm³/mol.